The molecular weight excluding hydrogens is 244 g/mol. The van der Waals surface area contributed by atoms with Gasteiger partial charge in [-0.1, -0.05) is 0 Å². The van der Waals surface area contributed by atoms with Gasteiger partial charge in [0.15, 0.2) is 6.61 Å². The fourth-order valence-corrected chi connectivity index (χ4v) is 2.54. The van der Waals surface area contributed by atoms with E-state index in [0.29, 0.717) is 11.4 Å². The van der Waals surface area contributed by atoms with Crippen LogP contribution in [-0.2, 0) is 4.79 Å². The van der Waals surface area contributed by atoms with Gasteiger partial charge < -0.3 is 19.7 Å². The van der Waals surface area contributed by atoms with Crippen LogP contribution in [0.4, 0.5) is 5.69 Å². The molecule has 2 aliphatic heterocycles. The summed E-state index contributed by atoms with van der Waals surface area (Å²) >= 11 is 0. The maximum atomic E-state index is 11.3. The molecule has 0 aliphatic carbocycles. The first kappa shape index (κ1) is 12.3. The van der Waals surface area contributed by atoms with Crippen LogP contribution in [0.2, 0.25) is 0 Å². The Balaban J connectivity index is 1.71. The van der Waals surface area contributed by atoms with E-state index in [-0.39, 0.29) is 18.6 Å². The highest BCUT2D eigenvalue weighted by Gasteiger charge is 2.20. The average Bonchev–Trinajstić information content (AvgIpc) is 2.38. The predicted molar refractivity (Wildman–Crippen MR) is 71.7 cm³/mol. The number of ether oxygens (including phenoxy) is 2. The molecule has 2 aliphatic rings. The Labute approximate surface area is 112 Å². The Kier molecular flexibility index (Phi) is 3.29. The van der Waals surface area contributed by atoms with E-state index in [1.807, 2.05) is 18.2 Å². The Hall–Kier alpha value is -1.75. The lowest BCUT2D eigenvalue weighted by atomic mass is 10.1. The molecule has 3 rings (SSSR count). The largest absolute Gasteiger partial charge is 0.489 e. The number of hydrogen-bond donors (Lipinski definition) is 1. The van der Waals surface area contributed by atoms with Gasteiger partial charge in [0.1, 0.15) is 17.6 Å². The quantitative estimate of drug-likeness (QED) is 0.877. The molecule has 5 heteroatoms. The van der Waals surface area contributed by atoms with Gasteiger partial charge in [-0.15, -0.1) is 0 Å². The van der Waals surface area contributed by atoms with Crippen LogP contribution in [0.5, 0.6) is 11.5 Å². The van der Waals surface area contributed by atoms with Gasteiger partial charge in [0, 0.05) is 12.6 Å². The molecule has 102 valence electrons. The number of likely N-dealkylation sites (N-methyl/N-ethyl adjacent to an activating group) is 1. The minimum Gasteiger partial charge on any atom is -0.489 e. The second kappa shape index (κ2) is 5.09. The van der Waals surface area contributed by atoms with Gasteiger partial charge in [-0.3, -0.25) is 4.79 Å². The molecule has 19 heavy (non-hydrogen) atoms. The lowest BCUT2D eigenvalue weighted by molar-refractivity contribution is -0.118. The van der Waals surface area contributed by atoms with E-state index in [2.05, 4.69) is 17.3 Å². The van der Waals surface area contributed by atoms with Crippen molar-refractivity contribution in [3.8, 4) is 11.5 Å². The number of likely N-dealkylation sites (tertiary alicyclic amines) is 1. The molecule has 0 saturated carbocycles. The number of carbonyl (C=O) groups is 1. The van der Waals surface area contributed by atoms with Gasteiger partial charge >= 0.3 is 0 Å². The van der Waals surface area contributed by atoms with Crippen LogP contribution < -0.4 is 14.8 Å². The summed E-state index contributed by atoms with van der Waals surface area (Å²) < 4.78 is 11.3. The Morgan fingerprint density at radius 1 is 1.47 bits per heavy atom. The first-order valence-corrected chi connectivity index (χ1v) is 6.62. The number of nitrogens with zero attached hydrogens (tertiary/aromatic N) is 1. The van der Waals surface area contributed by atoms with Crippen molar-refractivity contribution in [2.24, 2.45) is 0 Å². The van der Waals surface area contributed by atoms with Crippen molar-refractivity contribution >= 4 is 11.6 Å². The molecule has 0 spiro atoms. The second-order valence-corrected chi connectivity index (χ2v) is 5.14. The Bertz CT molecular complexity index is 490. The molecule has 1 unspecified atom stereocenters. The Morgan fingerprint density at radius 3 is 3.21 bits per heavy atom. The van der Waals surface area contributed by atoms with E-state index in [0.717, 1.165) is 31.7 Å². The zero-order chi connectivity index (χ0) is 13.2. The minimum absolute atomic E-state index is 0.0840. The van der Waals surface area contributed by atoms with Crippen LogP contribution in [-0.4, -0.2) is 43.7 Å². The van der Waals surface area contributed by atoms with E-state index in [1.54, 1.807) is 0 Å². The highest BCUT2D eigenvalue weighted by molar-refractivity contribution is 5.95. The molecule has 0 bridgehead atoms. The topological polar surface area (TPSA) is 50.8 Å². The predicted octanol–water partition coefficient (Wildman–Crippen LogP) is 1.49. The number of hydrogen-bond acceptors (Lipinski definition) is 4. The smallest absolute Gasteiger partial charge is 0.262 e. The van der Waals surface area contributed by atoms with E-state index >= 15 is 0 Å². The molecule has 5 nitrogen and oxygen atoms in total. The van der Waals surface area contributed by atoms with Crippen LogP contribution in [0.3, 0.4) is 0 Å². The fraction of sp³-hybridized carbons (Fsp3) is 0.500. The molecule has 1 aromatic rings. The van der Waals surface area contributed by atoms with Gasteiger partial charge in [-0.25, -0.2) is 0 Å². The maximum Gasteiger partial charge on any atom is 0.262 e. The fourth-order valence-electron chi connectivity index (χ4n) is 2.54. The number of anilines is 1. The highest BCUT2D eigenvalue weighted by atomic mass is 16.5. The molecular formula is C14H18N2O3. The lowest BCUT2D eigenvalue weighted by Gasteiger charge is -2.30. The summed E-state index contributed by atoms with van der Waals surface area (Å²) in [5.41, 5.74) is 0.693. The molecule has 1 N–H and O–H groups in total. The summed E-state index contributed by atoms with van der Waals surface area (Å²) in [5, 5.41) is 2.79. The number of nitrogens with one attached hydrogen (secondary N) is 1. The van der Waals surface area contributed by atoms with Gasteiger partial charge in [0.25, 0.3) is 5.91 Å². The standard InChI is InChI=1S/C14H18N2O3/c1-16-6-2-3-11(8-16)19-10-4-5-13-12(7-10)15-14(17)9-18-13/h4-5,7,11H,2-3,6,8-9H2,1H3,(H,15,17). The normalized spacial score (nSPS) is 23.2. The summed E-state index contributed by atoms with van der Waals surface area (Å²) in [5.74, 6) is 1.36. The third kappa shape index (κ3) is 2.81. The van der Waals surface area contributed by atoms with E-state index < -0.39 is 0 Å². The minimum atomic E-state index is -0.123. The SMILES string of the molecule is CN1CCCC(Oc2ccc3c(c2)NC(=O)CO3)C1. The van der Waals surface area contributed by atoms with Gasteiger partial charge in [0.2, 0.25) is 0 Å². The summed E-state index contributed by atoms with van der Waals surface area (Å²) in [7, 11) is 2.11. The number of rotatable bonds is 2. The van der Waals surface area contributed by atoms with Gasteiger partial charge in [0.05, 0.1) is 5.69 Å². The second-order valence-electron chi connectivity index (χ2n) is 5.14. The summed E-state index contributed by atoms with van der Waals surface area (Å²) in [6.07, 6.45) is 2.45. The van der Waals surface area contributed by atoms with Crippen molar-refractivity contribution in [2.45, 2.75) is 18.9 Å². The van der Waals surface area contributed by atoms with Crippen molar-refractivity contribution in [3.63, 3.8) is 0 Å². The molecule has 0 radical (unpaired) electrons. The highest BCUT2D eigenvalue weighted by Crippen LogP contribution is 2.32. The van der Waals surface area contributed by atoms with Crippen LogP contribution in [0.1, 0.15) is 12.8 Å². The molecule has 1 saturated heterocycles. The van der Waals surface area contributed by atoms with Crippen LogP contribution in [0.25, 0.3) is 0 Å². The number of amides is 1. The monoisotopic (exact) mass is 262 g/mol. The van der Waals surface area contributed by atoms with Gasteiger partial charge in [-0.2, -0.15) is 0 Å². The zero-order valence-electron chi connectivity index (χ0n) is 11.0. The van der Waals surface area contributed by atoms with Crippen molar-refractivity contribution in [1.29, 1.82) is 0 Å². The average molecular weight is 262 g/mol. The third-order valence-corrected chi connectivity index (χ3v) is 3.47. The van der Waals surface area contributed by atoms with Crippen molar-refractivity contribution in [2.75, 3.05) is 32.1 Å². The molecule has 2 heterocycles. The van der Waals surface area contributed by atoms with Crippen LogP contribution in [0.15, 0.2) is 18.2 Å². The first-order valence-electron chi connectivity index (χ1n) is 6.62. The number of fused-ring (bicyclic) bond motifs is 1. The summed E-state index contributed by atoms with van der Waals surface area (Å²) in [6, 6.07) is 5.57. The van der Waals surface area contributed by atoms with Crippen molar-refractivity contribution in [1.82, 2.24) is 4.90 Å². The van der Waals surface area contributed by atoms with Crippen molar-refractivity contribution < 1.29 is 14.3 Å². The van der Waals surface area contributed by atoms with E-state index in [9.17, 15) is 4.79 Å². The van der Waals surface area contributed by atoms with E-state index in [4.69, 9.17) is 9.47 Å². The third-order valence-electron chi connectivity index (χ3n) is 3.47. The lowest BCUT2D eigenvalue weighted by Crippen LogP contribution is -2.38. The zero-order valence-corrected chi connectivity index (χ0v) is 11.0. The van der Waals surface area contributed by atoms with E-state index in [1.165, 1.54) is 0 Å². The summed E-state index contributed by atoms with van der Waals surface area (Å²) in [4.78, 5) is 13.6. The summed E-state index contributed by atoms with van der Waals surface area (Å²) in [6.45, 7) is 2.16. The van der Waals surface area contributed by atoms with Gasteiger partial charge in [-0.05, 0) is 38.6 Å². The molecule has 0 aromatic heterocycles. The number of carbonyl (C=O) groups excluding carboxylic acids is 1. The van der Waals surface area contributed by atoms with Crippen LogP contribution >= 0.6 is 0 Å². The molecule has 1 aromatic carbocycles. The Morgan fingerprint density at radius 2 is 2.37 bits per heavy atom. The number of benzene rings is 1. The van der Waals surface area contributed by atoms with Crippen molar-refractivity contribution in [3.05, 3.63) is 18.2 Å². The number of piperidine rings is 1. The van der Waals surface area contributed by atoms with Crippen LogP contribution in [0, 0.1) is 0 Å². The first-order chi connectivity index (χ1) is 9.20. The maximum absolute atomic E-state index is 11.3. The molecule has 1 fully saturated rings. The molecule has 1 amide bonds. The molecule has 1 atom stereocenters.